The Hall–Kier alpha value is -7.62. The SMILES string of the molecule is C=C/C=C\C(=C)N(c1ccccc1)c1ccc2c(c1)C(CCCCCC)(CCCCCC)c1cc(N(c3ccccc3)c3ccc(-c4ccc(N(c5ccccc5)c5ccccc5)cc4)cc3)ccc1-2. The van der Waals surface area contributed by atoms with E-state index in [2.05, 4.69) is 254 Å². The molecule has 8 aromatic carbocycles. The van der Waals surface area contributed by atoms with Crippen LogP contribution in [-0.2, 0) is 5.41 Å². The highest BCUT2D eigenvalue weighted by Crippen LogP contribution is 2.57. The summed E-state index contributed by atoms with van der Waals surface area (Å²) >= 11 is 0. The summed E-state index contributed by atoms with van der Waals surface area (Å²) in [4.78, 5) is 7.06. The van der Waals surface area contributed by atoms with Crippen molar-refractivity contribution in [1.82, 2.24) is 0 Å². The summed E-state index contributed by atoms with van der Waals surface area (Å²) in [6, 6.07) is 75.4. The van der Waals surface area contributed by atoms with E-state index in [1.54, 1.807) is 0 Å². The molecule has 0 spiro atoms. The Balaban J connectivity index is 1.11. The highest BCUT2D eigenvalue weighted by molar-refractivity contribution is 5.88. The molecule has 9 rings (SSSR count). The zero-order valence-corrected chi connectivity index (χ0v) is 41.2. The average Bonchev–Trinajstić information content (AvgIpc) is 3.68. The number of fused-ring (bicyclic) bond motifs is 3. The van der Waals surface area contributed by atoms with Gasteiger partial charge in [-0.15, -0.1) is 0 Å². The van der Waals surface area contributed by atoms with Crippen LogP contribution >= 0.6 is 0 Å². The molecule has 0 radical (unpaired) electrons. The molecule has 0 unspecified atom stereocenters. The number of nitrogens with zero attached hydrogens (tertiary/aromatic N) is 3. The lowest BCUT2D eigenvalue weighted by molar-refractivity contribution is 0.401. The van der Waals surface area contributed by atoms with Crippen LogP contribution in [-0.4, -0.2) is 0 Å². The van der Waals surface area contributed by atoms with Crippen molar-refractivity contribution in [3.05, 3.63) is 254 Å². The summed E-state index contributed by atoms with van der Waals surface area (Å²) in [5, 5.41) is 0. The minimum atomic E-state index is -0.145. The molecule has 0 atom stereocenters. The lowest BCUT2D eigenvalue weighted by Gasteiger charge is -2.35. The predicted octanol–water partition coefficient (Wildman–Crippen LogP) is 19.9. The van der Waals surface area contributed by atoms with Gasteiger partial charge in [-0.1, -0.05) is 200 Å². The van der Waals surface area contributed by atoms with Crippen molar-refractivity contribution >= 4 is 45.5 Å². The van der Waals surface area contributed by atoms with Crippen LogP contribution in [0.5, 0.6) is 0 Å². The molecule has 0 N–H and O–H groups in total. The third-order valence-corrected chi connectivity index (χ3v) is 14.1. The molecule has 1 aliphatic carbocycles. The van der Waals surface area contributed by atoms with E-state index in [0.717, 1.165) is 58.4 Å². The Morgan fingerprint density at radius 2 is 0.786 bits per heavy atom. The summed E-state index contributed by atoms with van der Waals surface area (Å²) in [5.41, 5.74) is 17.8. The second kappa shape index (κ2) is 22.7. The fourth-order valence-corrected chi connectivity index (χ4v) is 10.7. The Morgan fingerprint density at radius 3 is 1.21 bits per heavy atom. The smallest absolute Gasteiger partial charge is 0.0465 e. The highest BCUT2D eigenvalue weighted by atomic mass is 15.2. The van der Waals surface area contributed by atoms with E-state index in [0.29, 0.717) is 0 Å². The number of rotatable bonds is 22. The van der Waals surface area contributed by atoms with Gasteiger partial charge in [0.25, 0.3) is 0 Å². The van der Waals surface area contributed by atoms with Crippen LogP contribution in [0.3, 0.4) is 0 Å². The van der Waals surface area contributed by atoms with Gasteiger partial charge in [-0.05, 0) is 149 Å². The first-order valence-corrected chi connectivity index (χ1v) is 25.6. The van der Waals surface area contributed by atoms with Crippen LogP contribution in [0.4, 0.5) is 45.5 Å². The summed E-state index contributed by atoms with van der Waals surface area (Å²) in [6.45, 7) is 13.2. The first-order valence-electron chi connectivity index (χ1n) is 25.6. The number of unbranched alkanes of at least 4 members (excludes halogenated alkanes) is 6. The number of hydrogen-bond donors (Lipinski definition) is 0. The van der Waals surface area contributed by atoms with Gasteiger partial charge in [-0.2, -0.15) is 0 Å². The molecule has 1 aliphatic rings. The highest BCUT2D eigenvalue weighted by Gasteiger charge is 2.43. The molecule has 0 bridgehead atoms. The first kappa shape index (κ1) is 47.4. The third kappa shape index (κ3) is 10.2. The topological polar surface area (TPSA) is 9.72 Å². The molecular weight excluding hydrogens is 847 g/mol. The van der Waals surface area contributed by atoms with Crippen LogP contribution < -0.4 is 14.7 Å². The second-order valence-corrected chi connectivity index (χ2v) is 18.7. The maximum atomic E-state index is 4.58. The lowest BCUT2D eigenvalue weighted by atomic mass is 9.70. The quantitative estimate of drug-likeness (QED) is 0.0495. The monoisotopic (exact) mass is 914 g/mol. The van der Waals surface area contributed by atoms with E-state index < -0.39 is 0 Å². The fourth-order valence-electron chi connectivity index (χ4n) is 10.7. The van der Waals surface area contributed by atoms with E-state index in [1.807, 2.05) is 12.2 Å². The van der Waals surface area contributed by atoms with Crippen LogP contribution in [0.15, 0.2) is 243 Å². The Kier molecular flexibility index (Phi) is 15.4. The van der Waals surface area contributed by atoms with E-state index in [1.165, 1.54) is 90.4 Å². The molecule has 0 aromatic heterocycles. The van der Waals surface area contributed by atoms with Crippen LogP contribution in [0.2, 0.25) is 0 Å². The molecular formula is C67H67N3. The van der Waals surface area contributed by atoms with Crippen molar-refractivity contribution in [3.8, 4) is 22.3 Å². The number of para-hydroxylation sites is 4. The lowest BCUT2D eigenvalue weighted by Crippen LogP contribution is -2.26. The molecule has 0 heterocycles. The number of allylic oxidation sites excluding steroid dienone is 3. The van der Waals surface area contributed by atoms with Crippen LogP contribution in [0, 0.1) is 0 Å². The average molecular weight is 914 g/mol. The van der Waals surface area contributed by atoms with Gasteiger partial charge in [0.1, 0.15) is 0 Å². The van der Waals surface area contributed by atoms with Crippen molar-refractivity contribution in [2.75, 3.05) is 14.7 Å². The maximum Gasteiger partial charge on any atom is 0.0465 e. The summed E-state index contributed by atoms with van der Waals surface area (Å²) in [5.74, 6) is 0. The van der Waals surface area contributed by atoms with Crippen molar-refractivity contribution in [2.45, 2.75) is 83.5 Å². The molecule has 8 aromatic rings. The number of anilines is 8. The van der Waals surface area contributed by atoms with Crippen molar-refractivity contribution in [3.63, 3.8) is 0 Å². The van der Waals surface area contributed by atoms with Crippen molar-refractivity contribution in [1.29, 1.82) is 0 Å². The van der Waals surface area contributed by atoms with E-state index >= 15 is 0 Å². The Morgan fingerprint density at radius 1 is 0.414 bits per heavy atom. The van der Waals surface area contributed by atoms with Gasteiger partial charge >= 0.3 is 0 Å². The molecule has 3 nitrogen and oxygen atoms in total. The van der Waals surface area contributed by atoms with Gasteiger partial charge in [-0.3, -0.25) is 0 Å². The normalized spacial score (nSPS) is 12.3. The van der Waals surface area contributed by atoms with Gasteiger partial charge in [0.05, 0.1) is 0 Å². The zero-order chi connectivity index (χ0) is 48.1. The number of benzene rings is 8. The molecule has 0 fully saturated rings. The Labute approximate surface area is 418 Å². The van der Waals surface area contributed by atoms with Gasteiger partial charge in [0, 0.05) is 56.6 Å². The van der Waals surface area contributed by atoms with Gasteiger partial charge < -0.3 is 14.7 Å². The minimum absolute atomic E-state index is 0.145. The van der Waals surface area contributed by atoms with Crippen LogP contribution in [0.25, 0.3) is 22.3 Å². The summed E-state index contributed by atoms with van der Waals surface area (Å²) in [7, 11) is 0. The van der Waals surface area contributed by atoms with Gasteiger partial charge in [0.15, 0.2) is 0 Å². The van der Waals surface area contributed by atoms with Crippen molar-refractivity contribution < 1.29 is 0 Å². The molecule has 0 amide bonds. The number of hydrogen-bond acceptors (Lipinski definition) is 3. The minimum Gasteiger partial charge on any atom is -0.311 e. The summed E-state index contributed by atoms with van der Waals surface area (Å²) in [6.07, 6.45) is 17.9. The maximum absolute atomic E-state index is 4.58. The van der Waals surface area contributed by atoms with E-state index in [9.17, 15) is 0 Å². The predicted molar refractivity (Wildman–Crippen MR) is 302 cm³/mol. The largest absolute Gasteiger partial charge is 0.311 e. The van der Waals surface area contributed by atoms with E-state index in [4.69, 9.17) is 0 Å². The molecule has 70 heavy (non-hydrogen) atoms. The fraction of sp³-hybridized carbons (Fsp3) is 0.194. The van der Waals surface area contributed by atoms with Gasteiger partial charge in [-0.25, -0.2) is 0 Å². The Bertz CT molecular complexity index is 2920. The molecule has 0 aliphatic heterocycles. The molecule has 3 heteroatoms. The molecule has 0 saturated carbocycles. The van der Waals surface area contributed by atoms with Gasteiger partial charge in [0.2, 0.25) is 0 Å². The first-order chi connectivity index (χ1) is 34.5. The zero-order valence-electron chi connectivity index (χ0n) is 41.2. The molecule has 0 saturated heterocycles. The molecule has 350 valence electrons. The summed E-state index contributed by atoms with van der Waals surface area (Å²) < 4.78 is 0. The standard InChI is InChI=1S/C67H67N3/c1-5-8-11-25-48-67(49-26-12-9-6-2)65-50-61(68(52(4)27-10-7-3)55-28-17-13-18-29-55)44-46-63(65)64-47-45-62(51-66(64)67)70(58-34-23-16-24-35-58)60-42-38-54(39-43-60)53-36-40-59(41-37-53)69(56-30-19-14-20-31-56)57-32-21-15-22-33-57/h7,10,13-24,27-47,50-51H,3-6,8-9,11-12,25-26,48-49H2,1-2H3/b27-10-. The van der Waals surface area contributed by atoms with Crippen LogP contribution in [0.1, 0.15) is 89.2 Å². The second-order valence-electron chi connectivity index (χ2n) is 18.7. The van der Waals surface area contributed by atoms with E-state index in [-0.39, 0.29) is 5.41 Å². The van der Waals surface area contributed by atoms with Crippen molar-refractivity contribution in [2.24, 2.45) is 0 Å². The third-order valence-electron chi connectivity index (χ3n) is 14.1.